The Morgan fingerprint density at radius 3 is 2.42 bits per heavy atom. The Morgan fingerprint density at radius 1 is 1.27 bits per heavy atom. The number of hydrogen-bond acceptors (Lipinski definition) is 5. The second-order valence-electron chi connectivity index (χ2n) is 5.83. The van der Waals surface area contributed by atoms with Gasteiger partial charge in [0, 0.05) is 16.7 Å². The minimum atomic E-state index is -4.77. The zero-order valence-electron chi connectivity index (χ0n) is 14.1. The number of Topliss-reactive ketones (excluding diaryl/α,β-unsaturated/α-hetero) is 1. The number of aromatic nitrogens is 3. The van der Waals surface area contributed by atoms with Crippen LogP contribution in [0.4, 0.5) is 13.2 Å². The third-order valence-electron chi connectivity index (χ3n) is 3.51. The molecule has 0 amide bonds. The molecule has 0 aliphatic rings. The van der Waals surface area contributed by atoms with Gasteiger partial charge in [-0.3, -0.25) is 9.59 Å². The lowest BCUT2D eigenvalue weighted by molar-refractivity contribution is -0.150. The second-order valence-corrected chi connectivity index (χ2v) is 6.75. The molecule has 2 aromatic rings. The molecular formula is C16H15BrF3N3O3. The summed E-state index contributed by atoms with van der Waals surface area (Å²) in [4.78, 5) is 28.4. The van der Waals surface area contributed by atoms with Crippen LogP contribution in [0.15, 0.2) is 28.9 Å². The van der Waals surface area contributed by atoms with Crippen LogP contribution in [0.25, 0.3) is 5.82 Å². The SMILES string of the molecule is CCOC(=O)C(C)(C)C(=O)c1cc(C(F)(F)F)n(-c2ccc(Br)cn2)n1. The molecule has 6 nitrogen and oxygen atoms in total. The first-order valence-corrected chi connectivity index (χ1v) is 8.29. The van der Waals surface area contributed by atoms with Crippen molar-refractivity contribution in [3.8, 4) is 5.82 Å². The minimum absolute atomic E-state index is 0.0423. The van der Waals surface area contributed by atoms with Gasteiger partial charge in [0.2, 0.25) is 0 Å². The number of carbonyl (C=O) groups excluding carboxylic acids is 2. The number of pyridine rings is 1. The number of alkyl halides is 3. The fourth-order valence-electron chi connectivity index (χ4n) is 2.09. The molecule has 2 heterocycles. The van der Waals surface area contributed by atoms with Crippen LogP contribution in [-0.2, 0) is 15.7 Å². The maximum atomic E-state index is 13.4. The standard InChI is InChI=1S/C16H15BrF3N3O3/c1-4-26-14(25)15(2,3)13(24)10-7-11(16(18,19)20)23(22-10)12-6-5-9(17)8-21-12/h5-8H,4H2,1-3H3. The number of esters is 1. The molecule has 0 aliphatic heterocycles. The summed E-state index contributed by atoms with van der Waals surface area (Å²) in [5, 5.41) is 3.75. The van der Waals surface area contributed by atoms with Gasteiger partial charge in [0.05, 0.1) is 6.61 Å². The van der Waals surface area contributed by atoms with Crippen LogP contribution in [-0.4, -0.2) is 33.1 Å². The molecule has 0 aliphatic carbocycles. The van der Waals surface area contributed by atoms with E-state index in [4.69, 9.17) is 4.74 Å². The van der Waals surface area contributed by atoms with Crippen molar-refractivity contribution in [3.05, 3.63) is 40.3 Å². The van der Waals surface area contributed by atoms with Crippen molar-refractivity contribution in [1.82, 2.24) is 14.8 Å². The molecule has 0 atom stereocenters. The second kappa shape index (κ2) is 7.18. The molecule has 0 fully saturated rings. The average Bonchev–Trinajstić information content (AvgIpc) is 3.00. The van der Waals surface area contributed by atoms with Crippen molar-refractivity contribution in [2.24, 2.45) is 5.41 Å². The van der Waals surface area contributed by atoms with Gasteiger partial charge in [-0.15, -0.1) is 0 Å². The molecule has 26 heavy (non-hydrogen) atoms. The smallest absolute Gasteiger partial charge is 0.433 e. The molecule has 0 saturated heterocycles. The van der Waals surface area contributed by atoms with Gasteiger partial charge in [0.1, 0.15) is 11.1 Å². The van der Waals surface area contributed by atoms with Crippen LogP contribution in [0.1, 0.15) is 37.0 Å². The summed E-state index contributed by atoms with van der Waals surface area (Å²) in [6.07, 6.45) is -3.46. The van der Waals surface area contributed by atoms with E-state index in [1.807, 2.05) is 0 Å². The van der Waals surface area contributed by atoms with Gasteiger partial charge < -0.3 is 4.74 Å². The first-order chi connectivity index (χ1) is 12.0. The molecule has 2 aromatic heterocycles. The predicted molar refractivity (Wildman–Crippen MR) is 88.8 cm³/mol. The number of carbonyl (C=O) groups is 2. The normalized spacial score (nSPS) is 12.1. The topological polar surface area (TPSA) is 74.1 Å². The molecule has 10 heteroatoms. The van der Waals surface area contributed by atoms with Gasteiger partial charge in [0.25, 0.3) is 0 Å². The molecule has 2 rings (SSSR count). The molecule has 0 saturated carbocycles. The van der Waals surface area contributed by atoms with Crippen molar-refractivity contribution in [1.29, 1.82) is 0 Å². The Kier molecular flexibility index (Phi) is 5.55. The minimum Gasteiger partial charge on any atom is -0.465 e. The van der Waals surface area contributed by atoms with Crippen LogP contribution in [0.3, 0.4) is 0 Å². The summed E-state index contributed by atoms with van der Waals surface area (Å²) in [7, 11) is 0. The molecule has 0 unspecified atom stereocenters. The van der Waals surface area contributed by atoms with Crippen molar-refractivity contribution in [3.63, 3.8) is 0 Å². The van der Waals surface area contributed by atoms with Crippen LogP contribution >= 0.6 is 15.9 Å². The molecule has 0 N–H and O–H groups in total. The largest absolute Gasteiger partial charge is 0.465 e. The fourth-order valence-corrected chi connectivity index (χ4v) is 2.32. The van der Waals surface area contributed by atoms with Crippen LogP contribution < -0.4 is 0 Å². The summed E-state index contributed by atoms with van der Waals surface area (Å²) < 4.78 is 46.0. The Labute approximate surface area is 155 Å². The van der Waals surface area contributed by atoms with E-state index >= 15 is 0 Å². The highest BCUT2D eigenvalue weighted by atomic mass is 79.9. The first-order valence-electron chi connectivity index (χ1n) is 7.49. The maximum absolute atomic E-state index is 13.4. The lowest BCUT2D eigenvalue weighted by Crippen LogP contribution is -2.35. The van der Waals surface area contributed by atoms with E-state index in [1.54, 1.807) is 6.92 Å². The van der Waals surface area contributed by atoms with Gasteiger partial charge in [-0.25, -0.2) is 9.67 Å². The van der Waals surface area contributed by atoms with E-state index in [2.05, 4.69) is 26.0 Å². The van der Waals surface area contributed by atoms with Gasteiger partial charge in [0.15, 0.2) is 17.3 Å². The Hall–Kier alpha value is -2.23. The highest BCUT2D eigenvalue weighted by Gasteiger charge is 2.43. The summed E-state index contributed by atoms with van der Waals surface area (Å²) >= 11 is 3.14. The molecular weight excluding hydrogens is 419 g/mol. The third-order valence-corrected chi connectivity index (χ3v) is 3.98. The first kappa shape index (κ1) is 20.1. The molecule has 140 valence electrons. The lowest BCUT2D eigenvalue weighted by atomic mass is 9.86. The van der Waals surface area contributed by atoms with Gasteiger partial charge >= 0.3 is 12.1 Å². The van der Waals surface area contributed by atoms with Crippen molar-refractivity contribution in [2.75, 3.05) is 6.61 Å². The van der Waals surface area contributed by atoms with E-state index in [0.717, 1.165) is 0 Å². The van der Waals surface area contributed by atoms with E-state index in [0.29, 0.717) is 15.2 Å². The van der Waals surface area contributed by atoms with E-state index < -0.39 is 34.7 Å². The zero-order chi connectivity index (χ0) is 19.7. The van der Waals surface area contributed by atoms with E-state index in [-0.39, 0.29) is 12.4 Å². The van der Waals surface area contributed by atoms with Crippen LogP contribution in [0.2, 0.25) is 0 Å². The fraction of sp³-hybridized carbons (Fsp3) is 0.375. The molecule has 0 radical (unpaired) electrons. The van der Waals surface area contributed by atoms with Crippen molar-refractivity contribution < 1.29 is 27.5 Å². The van der Waals surface area contributed by atoms with E-state index in [1.165, 1.54) is 32.2 Å². The quantitative estimate of drug-likeness (QED) is 0.407. The third kappa shape index (κ3) is 3.95. The Morgan fingerprint density at radius 2 is 1.92 bits per heavy atom. The number of halogens is 4. The van der Waals surface area contributed by atoms with Crippen LogP contribution in [0, 0.1) is 5.41 Å². The summed E-state index contributed by atoms with van der Waals surface area (Å²) in [5.74, 6) is -1.83. The number of hydrogen-bond donors (Lipinski definition) is 0. The summed E-state index contributed by atoms with van der Waals surface area (Å²) in [5.41, 5.74) is -3.35. The molecule has 0 aromatic carbocycles. The zero-order valence-corrected chi connectivity index (χ0v) is 15.7. The maximum Gasteiger partial charge on any atom is 0.433 e. The van der Waals surface area contributed by atoms with E-state index in [9.17, 15) is 22.8 Å². The lowest BCUT2D eigenvalue weighted by Gasteiger charge is -2.19. The molecule has 0 spiro atoms. The number of ether oxygens (including phenoxy) is 1. The summed E-state index contributed by atoms with van der Waals surface area (Å²) in [6, 6.07) is 3.41. The van der Waals surface area contributed by atoms with Gasteiger partial charge in [-0.2, -0.15) is 18.3 Å². The van der Waals surface area contributed by atoms with Crippen LogP contribution in [0.5, 0.6) is 0 Å². The van der Waals surface area contributed by atoms with Gasteiger partial charge in [-0.05, 0) is 48.8 Å². The van der Waals surface area contributed by atoms with Crippen molar-refractivity contribution >= 4 is 27.7 Å². The van der Waals surface area contributed by atoms with Crippen molar-refractivity contribution in [2.45, 2.75) is 26.9 Å². The molecule has 0 bridgehead atoms. The monoisotopic (exact) mass is 433 g/mol. The Balaban J connectivity index is 2.53. The van der Waals surface area contributed by atoms with Gasteiger partial charge in [-0.1, -0.05) is 0 Å². The number of nitrogens with zero attached hydrogens (tertiary/aromatic N) is 3. The average molecular weight is 434 g/mol. The summed E-state index contributed by atoms with van der Waals surface area (Å²) in [6.45, 7) is 4.16. The Bertz CT molecular complexity index is 830. The number of ketones is 1. The number of rotatable bonds is 5. The predicted octanol–water partition coefficient (Wildman–Crippen LogP) is 3.82. The highest BCUT2D eigenvalue weighted by Crippen LogP contribution is 2.33. The highest BCUT2D eigenvalue weighted by molar-refractivity contribution is 9.10.